The van der Waals surface area contributed by atoms with E-state index in [1.807, 2.05) is 23.7 Å². The molecule has 0 amide bonds. The molecule has 1 atom stereocenters. The van der Waals surface area contributed by atoms with E-state index in [9.17, 15) is 0 Å². The second-order valence-electron chi connectivity index (χ2n) is 3.17. The Balaban J connectivity index is 2.36. The van der Waals surface area contributed by atoms with E-state index in [0.29, 0.717) is 0 Å². The van der Waals surface area contributed by atoms with Gasteiger partial charge in [-0.3, -0.25) is 5.84 Å². The summed E-state index contributed by atoms with van der Waals surface area (Å²) >= 11 is 7.40. The van der Waals surface area contributed by atoms with Crippen LogP contribution < -0.4 is 11.3 Å². The van der Waals surface area contributed by atoms with E-state index in [2.05, 4.69) is 10.4 Å². The van der Waals surface area contributed by atoms with Gasteiger partial charge in [0.05, 0.1) is 28.6 Å². The number of hydrogen-bond donors (Lipinski definition) is 2. The normalized spacial score (nSPS) is 13.0. The first kappa shape index (κ1) is 10.6. The van der Waals surface area contributed by atoms with Gasteiger partial charge < -0.3 is 4.57 Å². The van der Waals surface area contributed by atoms with E-state index in [1.54, 1.807) is 12.5 Å². The van der Waals surface area contributed by atoms with Gasteiger partial charge in [-0.15, -0.1) is 11.3 Å². The van der Waals surface area contributed by atoms with Crippen LogP contribution in [0.1, 0.15) is 16.6 Å². The van der Waals surface area contributed by atoms with Gasteiger partial charge in [-0.2, -0.15) is 0 Å². The van der Waals surface area contributed by atoms with Gasteiger partial charge >= 0.3 is 0 Å². The van der Waals surface area contributed by atoms with Gasteiger partial charge in [0.15, 0.2) is 0 Å². The lowest BCUT2D eigenvalue weighted by Crippen LogP contribution is -2.29. The lowest BCUT2D eigenvalue weighted by Gasteiger charge is -2.14. The van der Waals surface area contributed by atoms with Gasteiger partial charge in [0.2, 0.25) is 0 Å². The fraction of sp³-hybridized carbons (Fsp3) is 0.222. The molecule has 0 fully saturated rings. The first-order valence-electron chi connectivity index (χ1n) is 4.40. The Bertz CT molecular complexity index is 450. The average Bonchev–Trinajstić information content (AvgIpc) is 2.79. The number of halogens is 1. The largest absolute Gasteiger partial charge is 0.336 e. The number of hydrogen-bond acceptors (Lipinski definition) is 4. The fourth-order valence-electron chi connectivity index (χ4n) is 1.44. The molecule has 0 aliphatic carbocycles. The van der Waals surface area contributed by atoms with Gasteiger partial charge in [-0.1, -0.05) is 11.6 Å². The van der Waals surface area contributed by atoms with E-state index in [1.165, 1.54) is 11.3 Å². The summed E-state index contributed by atoms with van der Waals surface area (Å²) in [6.45, 7) is 0. The molecule has 0 aliphatic heterocycles. The summed E-state index contributed by atoms with van der Waals surface area (Å²) in [5.74, 6) is 5.55. The Morgan fingerprint density at radius 1 is 1.60 bits per heavy atom. The molecule has 15 heavy (non-hydrogen) atoms. The zero-order chi connectivity index (χ0) is 10.8. The molecule has 0 saturated carbocycles. The van der Waals surface area contributed by atoms with Crippen molar-refractivity contribution >= 4 is 22.9 Å². The average molecular weight is 243 g/mol. The van der Waals surface area contributed by atoms with Crippen LogP contribution in [0.4, 0.5) is 0 Å². The van der Waals surface area contributed by atoms with E-state index in [0.717, 1.165) is 14.9 Å². The molecular weight excluding hydrogens is 232 g/mol. The molecule has 0 bridgehead atoms. The molecular formula is C9H11ClN4S. The molecule has 0 aliphatic rings. The molecule has 80 valence electrons. The molecule has 0 spiro atoms. The van der Waals surface area contributed by atoms with Crippen LogP contribution in [0.3, 0.4) is 0 Å². The summed E-state index contributed by atoms with van der Waals surface area (Å²) in [7, 11) is 1.93. The molecule has 2 aromatic heterocycles. The Kier molecular flexibility index (Phi) is 3.06. The number of hydrazine groups is 1. The maximum Gasteiger partial charge on any atom is 0.0969 e. The summed E-state index contributed by atoms with van der Waals surface area (Å²) in [4.78, 5) is 5.14. The van der Waals surface area contributed by atoms with Gasteiger partial charge in [-0.25, -0.2) is 10.4 Å². The number of thiophene rings is 1. The zero-order valence-electron chi connectivity index (χ0n) is 8.14. The maximum atomic E-state index is 5.89. The molecule has 1 unspecified atom stereocenters. The first-order valence-corrected chi connectivity index (χ1v) is 5.59. The Labute approximate surface area is 96.7 Å². The van der Waals surface area contributed by atoms with Crippen molar-refractivity contribution in [2.45, 2.75) is 6.04 Å². The number of aryl methyl sites for hydroxylation is 1. The minimum Gasteiger partial charge on any atom is -0.336 e. The van der Waals surface area contributed by atoms with Crippen LogP contribution in [-0.2, 0) is 7.05 Å². The van der Waals surface area contributed by atoms with Crippen molar-refractivity contribution in [1.82, 2.24) is 15.0 Å². The smallest absolute Gasteiger partial charge is 0.0969 e. The third-order valence-corrected chi connectivity index (χ3v) is 3.49. The van der Waals surface area contributed by atoms with Crippen LogP contribution in [0, 0.1) is 0 Å². The third-order valence-electron chi connectivity index (χ3n) is 2.19. The van der Waals surface area contributed by atoms with E-state index in [-0.39, 0.29) is 6.04 Å². The fourth-order valence-corrected chi connectivity index (χ4v) is 2.58. The SMILES string of the molecule is Cn1cncc1C(NN)c1ccc(Cl)s1. The van der Waals surface area contributed by atoms with Crippen molar-refractivity contribution in [2.24, 2.45) is 12.9 Å². The topological polar surface area (TPSA) is 55.9 Å². The Hall–Kier alpha value is -0.880. The van der Waals surface area contributed by atoms with Crippen LogP contribution in [0.15, 0.2) is 24.7 Å². The second kappa shape index (κ2) is 4.32. The van der Waals surface area contributed by atoms with Gasteiger partial charge in [-0.05, 0) is 12.1 Å². The molecule has 6 heteroatoms. The summed E-state index contributed by atoms with van der Waals surface area (Å²) in [6.07, 6.45) is 3.53. The highest BCUT2D eigenvalue weighted by atomic mass is 35.5. The molecule has 4 nitrogen and oxygen atoms in total. The van der Waals surface area contributed by atoms with Gasteiger partial charge in [0.1, 0.15) is 0 Å². The van der Waals surface area contributed by atoms with Crippen molar-refractivity contribution in [2.75, 3.05) is 0 Å². The van der Waals surface area contributed by atoms with Crippen molar-refractivity contribution in [3.63, 3.8) is 0 Å². The van der Waals surface area contributed by atoms with Gasteiger partial charge in [0, 0.05) is 11.9 Å². The Morgan fingerprint density at radius 2 is 2.40 bits per heavy atom. The molecule has 2 heterocycles. The predicted octanol–water partition coefficient (Wildman–Crippen LogP) is 1.69. The second-order valence-corrected chi connectivity index (χ2v) is 4.92. The van der Waals surface area contributed by atoms with E-state index >= 15 is 0 Å². The van der Waals surface area contributed by atoms with Crippen molar-refractivity contribution in [3.05, 3.63) is 39.6 Å². The highest BCUT2D eigenvalue weighted by Gasteiger charge is 2.17. The van der Waals surface area contributed by atoms with E-state index in [4.69, 9.17) is 17.4 Å². The number of nitrogens with one attached hydrogen (secondary N) is 1. The van der Waals surface area contributed by atoms with Crippen molar-refractivity contribution in [3.8, 4) is 0 Å². The van der Waals surface area contributed by atoms with Crippen molar-refractivity contribution in [1.29, 1.82) is 0 Å². The monoisotopic (exact) mass is 242 g/mol. The number of nitrogens with two attached hydrogens (primary N) is 1. The Morgan fingerprint density at radius 3 is 2.87 bits per heavy atom. The van der Waals surface area contributed by atoms with E-state index < -0.39 is 0 Å². The molecule has 3 N–H and O–H groups in total. The predicted molar refractivity (Wildman–Crippen MR) is 61.7 cm³/mol. The van der Waals surface area contributed by atoms with Crippen LogP contribution in [-0.4, -0.2) is 9.55 Å². The maximum absolute atomic E-state index is 5.89. The lowest BCUT2D eigenvalue weighted by molar-refractivity contribution is 0.605. The van der Waals surface area contributed by atoms with Crippen LogP contribution >= 0.6 is 22.9 Å². The highest BCUT2D eigenvalue weighted by molar-refractivity contribution is 7.16. The molecule has 0 radical (unpaired) electrons. The molecule has 0 saturated heterocycles. The number of rotatable bonds is 3. The van der Waals surface area contributed by atoms with Gasteiger partial charge in [0.25, 0.3) is 0 Å². The molecule has 2 aromatic rings. The standard InChI is InChI=1S/C9H11ClN4S/c1-14-5-12-4-6(14)9(13-11)7-2-3-8(10)15-7/h2-5,9,13H,11H2,1H3. The van der Waals surface area contributed by atoms with Crippen molar-refractivity contribution < 1.29 is 0 Å². The first-order chi connectivity index (χ1) is 7.22. The molecule has 2 rings (SSSR count). The summed E-state index contributed by atoms with van der Waals surface area (Å²) < 4.78 is 2.69. The van der Waals surface area contributed by atoms with Crippen LogP contribution in [0.2, 0.25) is 4.34 Å². The minimum atomic E-state index is -0.0602. The summed E-state index contributed by atoms with van der Waals surface area (Å²) in [6, 6.07) is 3.77. The minimum absolute atomic E-state index is 0.0602. The number of aromatic nitrogens is 2. The van der Waals surface area contributed by atoms with Crippen LogP contribution in [0.25, 0.3) is 0 Å². The lowest BCUT2D eigenvalue weighted by atomic mass is 10.2. The number of nitrogens with zero attached hydrogens (tertiary/aromatic N) is 2. The zero-order valence-corrected chi connectivity index (χ0v) is 9.72. The summed E-state index contributed by atoms with van der Waals surface area (Å²) in [5, 5.41) is 0. The third kappa shape index (κ3) is 2.05. The highest BCUT2D eigenvalue weighted by Crippen LogP contribution is 2.30. The van der Waals surface area contributed by atoms with Crippen LogP contribution in [0.5, 0.6) is 0 Å². The number of imidazole rings is 1. The quantitative estimate of drug-likeness (QED) is 0.636. The molecule has 0 aromatic carbocycles. The summed E-state index contributed by atoms with van der Waals surface area (Å²) in [5.41, 5.74) is 3.78.